The molecule has 0 radical (unpaired) electrons. The molecule has 0 spiro atoms. The predicted octanol–water partition coefficient (Wildman–Crippen LogP) is 4.05. The Morgan fingerprint density at radius 1 is 1.17 bits per heavy atom. The first kappa shape index (κ1) is 22.1. The lowest BCUT2D eigenvalue weighted by Crippen LogP contribution is -2.23. The van der Waals surface area contributed by atoms with E-state index in [1.54, 1.807) is 36.4 Å². The molecule has 0 saturated heterocycles. The number of amides is 1. The van der Waals surface area contributed by atoms with Gasteiger partial charge in [-0.15, -0.1) is 0 Å². The highest BCUT2D eigenvalue weighted by Crippen LogP contribution is 2.30. The molecule has 0 aliphatic heterocycles. The van der Waals surface area contributed by atoms with E-state index < -0.39 is 18.2 Å². The van der Waals surface area contributed by atoms with Crippen LogP contribution in [0.25, 0.3) is 0 Å². The Kier molecular flexibility index (Phi) is 8.37. The van der Waals surface area contributed by atoms with Crippen molar-refractivity contribution in [2.24, 2.45) is 5.92 Å². The standard InChI is InChI=1S/C21H22N2O5S/c1-14(10-11-27-19(25)13-29)20(16-4-8-18(24)9-5-16)28-21(26)23-17-6-2-15(12-22)3-7-17/h2-9,14,20,24,29H,10-11,13H2,1H3,(H,23,26)/t14-,20+/m0/s1. The Labute approximate surface area is 174 Å². The van der Waals surface area contributed by atoms with E-state index in [2.05, 4.69) is 17.9 Å². The number of esters is 1. The van der Waals surface area contributed by atoms with Gasteiger partial charge in [-0.2, -0.15) is 17.9 Å². The third-order valence-electron chi connectivity index (χ3n) is 4.20. The topological polar surface area (TPSA) is 109 Å². The Hall–Kier alpha value is -3.18. The van der Waals surface area contributed by atoms with Gasteiger partial charge in [0.05, 0.1) is 24.0 Å². The second-order valence-corrected chi connectivity index (χ2v) is 6.69. The van der Waals surface area contributed by atoms with Crippen molar-refractivity contribution in [3.63, 3.8) is 0 Å². The average molecular weight is 414 g/mol. The van der Waals surface area contributed by atoms with Gasteiger partial charge >= 0.3 is 12.1 Å². The fraction of sp³-hybridized carbons (Fsp3) is 0.286. The molecular weight excluding hydrogens is 392 g/mol. The molecular formula is C21H22N2O5S. The van der Waals surface area contributed by atoms with Gasteiger partial charge in [0.25, 0.3) is 0 Å². The summed E-state index contributed by atoms with van der Waals surface area (Å²) in [5, 5.41) is 21.0. The van der Waals surface area contributed by atoms with Gasteiger partial charge in [-0.05, 0) is 48.4 Å². The normalized spacial score (nSPS) is 12.3. The lowest BCUT2D eigenvalue weighted by Gasteiger charge is -2.25. The van der Waals surface area contributed by atoms with E-state index in [-0.39, 0.29) is 24.0 Å². The van der Waals surface area contributed by atoms with Crippen molar-refractivity contribution in [3.8, 4) is 11.8 Å². The number of thiol groups is 1. The van der Waals surface area contributed by atoms with Gasteiger partial charge in [0.2, 0.25) is 0 Å². The van der Waals surface area contributed by atoms with Crippen LogP contribution >= 0.6 is 12.6 Å². The maximum Gasteiger partial charge on any atom is 0.412 e. The number of carbonyl (C=O) groups excluding carboxylic acids is 2. The van der Waals surface area contributed by atoms with Crippen LogP contribution in [0.4, 0.5) is 10.5 Å². The van der Waals surface area contributed by atoms with Crippen LogP contribution in [0.1, 0.15) is 30.6 Å². The van der Waals surface area contributed by atoms with E-state index in [4.69, 9.17) is 14.7 Å². The molecule has 2 aromatic rings. The van der Waals surface area contributed by atoms with Crippen molar-refractivity contribution in [1.82, 2.24) is 0 Å². The number of hydrogen-bond donors (Lipinski definition) is 3. The second kappa shape index (κ2) is 11.0. The second-order valence-electron chi connectivity index (χ2n) is 6.38. The molecule has 0 aliphatic rings. The molecule has 2 atom stereocenters. The van der Waals surface area contributed by atoms with Crippen molar-refractivity contribution in [1.29, 1.82) is 5.26 Å². The van der Waals surface area contributed by atoms with Crippen molar-refractivity contribution < 1.29 is 24.2 Å². The average Bonchev–Trinajstić information content (AvgIpc) is 2.73. The highest BCUT2D eigenvalue weighted by Gasteiger charge is 2.24. The minimum absolute atomic E-state index is 0.000725. The van der Waals surface area contributed by atoms with Crippen LogP contribution < -0.4 is 5.32 Å². The third kappa shape index (κ3) is 7.05. The first-order chi connectivity index (χ1) is 13.9. The largest absolute Gasteiger partial charge is 0.508 e. The number of rotatable bonds is 8. The zero-order valence-electron chi connectivity index (χ0n) is 15.9. The van der Waals surface area contributed by atoms with E-state index >= 15 is 0 Å². The Bertz CT molecular complexity index is 862. The molecule has 0 saturated carbocycles. The molecule has 2 rings (SSSR count). The number of hydrogen-bond acceptors (Lipinski definition) is 7. The van der Waals surface area contributed by atoms with Crippen LogP contribution in [0.2, 0.25) is 0 Å². The summed E-state index contributed by atoms with van der Waals surface area (Å²) in [6, 6.07) is 14.8. The maximum absolute atomic E-state index is 12.4. The minimum atomic E-state index is -0.660. The van der Waals surface area contributed by atoms with E-state index in [0.29, 0.717) is 23.2 Å². The number of phenols is 1. The summed E-state index contributed by atoms with van der Waals surface area (Å²) >= 11 is 3.86. The molecule has 2 N–H and O–H groups in total. The van der Waals surface area contributed by atoms with Gasteiger partial charge in [0.1, 0.15) is 11.9 Å². The molecule has 0 aromatic heterocycles. The van der Waals surface area contributed by atoms with Gasteiger partial charge < -0.3 is 14.6 Å². The third-order valence-corrected chi connectivity index (χ3v) is 4.46. The van der Waals surface area contributed by atoms with Gasteiger partial charge in [0, 0.05) is 11.6 Å². The first-order valence-electron chi connectivity index (χ1n) is 8.96. The van der Waals surface area contributed by atoms with Crippen LogP contribution in [0.3, 0.4) is 0 Å². The highest BCUT2D eigenvalue weighted by atomic mass is 32.1. The van der Waals surface area contributed by atoms with Crippen LogP contribution in [0, 0.1) is 17.2 Å². The molecule has 8 heteroatoms. The van der Waals surface area contributed by atoms with Crippen molar-refractivity contribution in [3.05, 3.63) is 59.7 Å². The molecule has 0 heterocycles. The van der Waals surface area contributed by atoms with E-state index in [1.807, 2.05) is 13.0 Å². The zero-order valence-corrected chi connectivity index (χ0v) is 16.8. The van der Waals surface area contributed by atoms with Crippen LogP contribution in [0.15, 0.2) is 48.5 Å². The van der Waals surface area contributed by atoms with Crippen LogP contribution in [-0.4, -0.2) is 29.5 Å². The summed E-state index contributed by atoms with van der Waals surface area (Å²) in [5.41, 5.74) is 1.68. The van der Waals surface area contributed by atoms with Crippen molar-refractivity contribution in [2.75, 3.05) is 17.7 Å². The van der Waals surface area contributed by atoms with Crippen LogP contribution in [-0.2, 0) is 14.3 Å². The number of carbonyl (C=O) groups is 2. The minimum Gasteiger partial charge on any atom is -0.508 e. The summed E-state index contributed by atoms with van der Waals surface area (Å²) in [4.78, 5) is 23.7. The van der Waals surface area contributed by atoms with E-state index in [9.17, 15) is 14.7 Å². The SMILES string of the molecule is C[C@@H](CCOC(=O)CS)[C@@H](OC(=O)Nc1ccc(C#N)cc1)c1ccc(O)cc1. The Morgan fingerprint density at radius 3 is 2.41 bits per heavy atom. The number of benzene rings is 2. The summed E-state index contributed by atoms with van der Waals surface area (Å²) in [6.45, 7) is 2.05. The van der Waals surface area contributed by atoms with Crippen molar-refractivity contribution >= 4 is 30.4 Å². The zero-order chi connectivity index (χ0) is 21.2. The molecule has 0 bridgehead atoms. The highest BCUT2D eigenvalue weighted by molar-refractivity contribution is 7.81. The molecule has 0 fully saturated rings. The summed E-state index contributed by atoms with van der Waals surface area (Å²) < 4.78 is 10.7. The number of anilines is 1. The summed E-state index contributed by atoms with van der Waals surface area (Å²) in [5.74, 6) is -0.482. The molecule has 2 aromatic carbocycles. The number of nitrogens with zero attached hydrogens (tertiary/aromatic N) is 1. The number of nitrogens with one attached hydrogen (secondary N) is 1. The Morgan fingerprint density at radius 2 is 1.83 bits per heavy atom. The molecule has 0 aliphatic carbocycles. The van der Waals surface area contributed by atoms with Gasteiger partial charge in [-0.1, -0.05) is 19.1 Å². The Balaban J connectivity index is 2.07. The predicted molar refractivity (Wildman–Crippen MR) is 111 cm³/mol. The fourth-order valence-electron chi connectivity index (χ4n) is 2.62. The molecule has 29 heavy (non-hydrogen) atoms. The molecule has 1 amide bonds. The number of ether oxygens (including phenoxy) is 2. The maximum atomic E-state index is 12.4. The first-order valence-corrected chi connectivity index (χ1v) is 9.59. The summed E-state index contributed by atoms with van der Waals surface area (Å²) in [6.07, 6.45) is -0.814. The van der Waals surface area contributed by atoms with Gasteiger partial charge in [-0.25, -0.2) is 4.79 Å². The van der Waals surface area contributed by atoms with Crippen molar-refractivity contribution in [2.45, 2.75) is 19.4 Å². The number of phenolic OH excluding ortho intramolecular Hbond substituents is 1. The van der Waals surface area contributed by atoms with E-state index in [1.165, 1.54) is 12.1 Å². The number of aromatic hydroxyl groups is 1. The molecule has 7 nitrogen and oxygen atoms in total. The monoisotopic (exact) mass is 414 g/mol. The smallest absolute Gasteiger partial charge is 0.412 e. The fourth-order valence-corrected chi connectivity index (χ4v) is 2.71. The molecule has 0 unspecified atom stereocenters. The van der Waals surface area contributed by atoms with Gasteiger partial charge in [0.15, 0.2) is 0 Å². The summed E-state index contributed by atoms with van der Waals surface area (Å²) in [7, 11) is 0. The van der Waals surface area contributed by atoms with Crippen LogP contribution in [0.5, 0.6) is 5.75 Å². The quantitative estimate of drug-likeness (QED) is 0.444. The van der Waals surface area contributed by atoms with E-state index in [0.717, 1.165) is 0 Å². The lowest BCUT2D eigenvalue weighted by molar-refractivity contribution is -0.141. The molecule has 152 valence electrons. The van der Waals surface area contributed by atoms with Gasteiger partial charge in [-0.3, -0.25) is 10.1 Å². The number of nitriles is 1. The lowest BCUT2D eigenvalue weighted by atomic mass is 9.94.